The maximum Gasteiger partial charge on any atom is 0.181 e. The Bertz CT molecular complexity index is 487. The lowest BCUT2D eigenvalue weighted by Crippen LogP contribution is -2.01. The molecule has 90 valence electrons. The molecule has 5 heteroatoms. The predicted octanol–water partition coefficient (Wildman–Crippen LogP) is 1.81. The summed E-state index contributed by atoms with van der Waals surface area (Å²) in [6.45, 7) is 2.46. The van der Waals surface area contributed by atoms with Crippen LogP contribution in [0.4, 0.5) is 4.39 Å². The number of aromatic nitrogens is 3. The van der Waals surface area contributed by atoms with Gasteiger partial charge in [-0.25, -0.2) is 9.37 Å². The summed E-state index contributed by atoms with van der Waals surface area (Å²) in [4.78, 5) is 4.31. The molecule has 0 radical (unpaired) electrons. The van der Waals surface area contributed by atoms with Crippen molar-refractivity contribution in [3.05, 3.63) is 35.4 Å². The molecule has 0 spiro atoms. The largest absolute Gasteiger partial charge is 0.330 e. The number of rotatable bonds is 4. The van der Waals surface area contributed by atoms with Gasteiger partial charge < -0.3 is 5.73 Å². The van der Waals surface area contributed by atoms with Crippen molar-refractivity contribution in [1.82, 2.24) is 15.2 Å². The van der Waals surface area contributed by atoms with Crippen LogP contribution in [-0.4, -0.2) is 21.7 Å². The lowest BCUT2D eigenvalue weighted by atomic mass is 10.1. The van der Waals surface area contributed by atoms with E-state index in [1.807, 2.05) is 13.0 Å². The fraction of sp³-hybridized carbons (Fsp3) is 0.333. The van der Waals surface area contributed by atoms with Gasteiger partial charge in [0.2, 0.25) is 0 Å². The average Bonchev–Trinajstić information content (AvgIpc) is 2.73. The number of hydrogen-bond acceptors (Lipinski definition) is 3. The highest BCUT2D eigenvalue weighted by molar-refractivity contribution is 5.55. The summed E-state index contributed by atoms with van der Waals surface area (Å²) in [5.74, 6) is 1.04. The molecule has 4 nitrogen and oxygen atoms in total. The van der Waals surface area contributed by atoms with E-state index >= 15 is 0 Å². The molecule has 0 fully saturated rings. The molecule has 0 bridgehead atoms. The van der Waals surface area contributed by atoms with Crippen molar-refractivity contribution in [3.8, 4) is 11.4 Å². The Balaban J connectivity index is 2.24. The molecule has 0 amide bonds. The van der Waals surface area contributed by atoms with Crippen molar-refractivity contribution in [1.29, 1.82) is 0 Å². The van der Waals surface area contributed by atoms with Gasteiger partial charge >= 0.3 is 0 Å². The molecule has 3 N–H and O–H groups in total. The van der Waals surface area contributed by atoms with Gasteiger partial charge in [0.25, 0.3) is 0 Å². The fourth-order valence-electron chi connectivity index (χ4n) is 1.67. The van der Waals surface area contributed by atoms with Crippen molar-refractivity contribution in [3.63, 3.8) is 0 Å². The van der Waals surface area contributed by atoms with Crippen LogP contribution in [0.2, 0.25) is 0 Å². The van der Waals surface area contributed by atoms with Crippen LogP contribution in [0.5, 0.6) is 0 Å². The summed E-state index contributed by atoms with van der Waals surface area (Å²) < 4.78 is 13.2. The topological polar surface area (TPSA) is 67.6 Å². The van der Waals surface area contributed by atoms with Gasteiger partial charge in [0.05, 0.1) is 0 Å². The highest BCUT2D eigenvalue weighted by Crippen LogP contribution is 2.18. The smallest absolute Gasteiger partial charge is 0.181 e. The molecule has 0 aliphatic heterocycles. The molecule has 1 aromatic carbocycles. The first kappa shape index (κ1) is 11.7. The first-order chi connectivity index (χ1) is 8.19. The Labute approximate surface area is 99.1 Å². The van der Waals surface area contributed by atoms with E-state index in [1.54, 1.807) is 0 Å². The van der Waals surface area contributed by atoms with Gasteiger partial charge in [-0.15, -0.1) is 0 Å². The van der Waals surface area contributed by atoms with Crippen LogP contribution in [-0.2, 0) is 6.42 Å². The zero-order valence-electron chi connectivity index (χ0n) is 9.70. The Morgan fingerprint density at radius 3 is 2.88 bits per heavy atom. The summed E-state index contributed by atoms with van der Waals surface area (Å²) in [7, 11) is 0. The van der Waals surface area contributed by atoms with Crippen LogP contribution < -0.4 is 5.73 Å². The third-order valence-electron chi connectivity index (χ3n) is 2.45. The Morgan fingerprint density at radius 2 is 2.18 bits per heavy atom. The number of nitrogens with one attached hydrogen (secondary N) is 1. The zero-order chi connectivity index (χ0) is 12.3. The van der Waals surface area contributed by atoms with Gasteiger partial charge in [-0.05, 0) is 43.7 Å². The minimum Gasteiger partial charge on any atom is -0.330 e. The van der Waals surface area contributed by atoms with E-state index in [1.165, 1.54) is 12.1 Å². The second kappa shape index (κ2) is 5.05. The highest BCUT2D eigenvalue weighted by Gasteiger charge is 2.07. The van der Waals surface area contributed by atoms with Gasteiger partial charge in [0.1, 0.15) is 11.6 Å². The molecule has 0 aliphatic carbocycles. The summed E-state index contributed by atoms with van der Waals surface area (Å²) >= 11 is 0. The zero-order valence-corrected chi connectivity index (χ0v) is 9.70. The highest BCUT2D eigenvalue weighted by atomic mass is 19.1. The van der Waals surface area contributed by atoms with Crippen molar-refractivity contribution >= 4 is 0 Å². The van der Waals surface area contributed by atoms with Gasteiger partial charge in [-0.2, -0.15) is 5.10 Å². The number of halogens is 1. The SMILES string of the molecule is Cc1cc(F)cc(-c2n[nH]c(CCCN)n2)c1. The summed E-state index contributed by atoms with van der Waals surface area (Å²) in [5.41, 5.74) is 6.97. The Morgan fingerprint density at radius 1 is 1.35 bits per heavy atom. The lowest BCUT2D eigenvalue weighted by molar-refractivity contribution is 0.627. The number of aryl methyl sites for hydroxylation is 2. The maximum absolute atomic E-state index is 13.2. The van der Waals surface area contributed by atoms with Crippen LogP contribution in [0.1, 0.15) is 17.8 Å². The van der Waals surface area contributed by atoms with Crippen LogP contribution >= 0.6 is 0 Å². The van der Waals surface area contributed by atoms with Crippen LogP contribution in [0.15, 0.2) is 18.2 Å². The van der Waals surface area contributed by atoms with Gasteiger partial charge in [-0.3, -0.25) is 5.10 Å². The van der Waals surface area contributed by atoms with E-state index in [4.69, 9.17) is 5.73 Å². The number of H-pyrrole nitrogens is 1. The summed E-state index contributed by atoms with van der Waals surface area (Å²) in [6.07, 6.45) is 1.62. The predicted molar refractivity (Wildman–Crippen MR) is 63.9 cm³/mol. The van der Waals surface area contributed by atoms with Crippen LogP contribution in [0.25, 0.3) is 11.4 Å². The molecule has 2 rings (SSSR count). The van der Waals surface area contributed by atoms with Gasteiger partial charge in [0, 0.05) is 12.0 Å². The number of hydrogen-bond donors (Lipinski definition) is 2. The maximum atomic E-state index is 13.2. The number of benzene rings is 1. The minimum absolute atomic E-state index is 0.270. The van der Waals surface area contributed by atoms with Crippen LogP contribution in [0.3, 0.4) is 0 Å². The van der Waals surface area contributed by atoms with Crippen LogP contribution in [0, 0.1) is 12.7 Å². The average molecular weight is 234 g/mol. The van der Waals surface area contributed by atoms with E-state index in [0.717, 1.165) is 24.2 Å². The van der Waals surface area contributed by atoms with E-state index in [2.05, 4.69) is 15.2 Å². The van der Waals surface area contributed by atoms with Crippen molar-refractivity contribution in [2.75, 3.05) is 6.54 Å². The lowest BCUT2D eigenvalue weighted by Gasteiger charge is -1.98. The molecule has 0 aliphatic rings. The molecule has 0 saturated heterocycles. The Kier molecular flexibility index (Phi) is 3.49. The molecule has 2 aromatic rings. The molecular weight excluding hydrogens is 219 g/mol. The molecule has 0 unspecified atom stereocenters. The quantitative estimate of drug-likeness (QED) is 0.847. The second-order valence-corrected chi connectivity index (χ2v) is 4.02. The standard InChI is InChI=1S/C12H15FN4/c1-8-5-9(7-10(13)6-8)12-15-11(16-17-12)3-2-4-14/h5-7H,2-4,14H2,1H3,(H,15,16,17). The van der Waals surface area contributed by atoms with Crippen molar-refractivity contribution in [2.24, 2.45) is 5.73 Å². The molecule has 0 saturated carbocycles. The minimum atomic E-state index is -0.270. The second-order valence-electron chi connectivity index (χ2n) is 4.02. The third-order valence-corrected chi connectivity index (χ3v) is 2.45. The molecule has 0 atom stereocenters. The van der Waals surface area contributed by atoms with Gasteiger partial charge in [-0.1, -0.05) is 0 Å². The number of nitrogens with zero attached hydrogens (tertiary/aromatic N) is 2. The Hall–Kier alpha value is -1.75. The van der Waals surface area contributed by atoms with E-state index in [9.17, 15) is 4.39 Å². The summed E-state index contributed by atoms with van der Waals surface area (Å²) in [5, 5.41) is 6.92. The molecule has 17 heavy (non-hydrogen) atoms. The first-order valence-electron chi connectivity index (χ1n) is 5.58. The molecule has 1 aromatic heterocycles. The number of nitrogens with two attached hydrogens (primary N) is 1. The van der Waals surface area contributed by atoms with Crippen molar-refractivity contribution in [2.45, 2.75) is 19.8 Å². The fourth-order valence-corrected chi connectivity index (χ4v) is 1.67. The number of aromatic amines is 1. The van der Waals surface area contributed by atoms with E-state index in [-0.39, 0.29) is 5.82 Å². The molecule has 1 heterocycles. The van der Waals surface area contributed by atoms with E-state index < -0.39 is 0 Å². The van der Waals surface area contributed by atoms with E-state index in [0.29, 0.717) is 17.9 Å². The van der Waals surface area contributed by atoms with Gasteiger partial charge in [0.15, 0.2) is 5.82 Å². The molecular formula is C12H15FN4. The first-order valence-corrected chi connectivity index (χ1v) is 5.58. The third kappa shape index (κ3) is 2.88. The monoisotopic (exact) mass is 234 g/mol. The van der Waals surface area contributed by atoms with Crippen molar-refractivity contribution < 1.29 is 4.39 Å². The normalized spacial score (nSPS) is 10.8. The summed E-state index contributed by atoms with van der Waals surface area (Å²) in [6, 6.07) is 4.77.